The van der Waals surface area contributed by atoms with Crippen molar-refractivity contribution in [2.75, 3.05) is 14.1 Å². The summed E-state index contributed by atoms with van der Waals surface area (Å²) in [7, 11) is 4.24. The van der Waals surface area contributed by atoms with Crippen molar-refractivity contribution < 1.29 is 4.39 Å². The number of halogens is 2. The molecule has 1 aliphatic carbocycles. The standard InChI is InChI=1S/C15H19ClFN3S/c1-19(2)15(5-3-4-6-15)9-20-13-7-10(16)11(17)8-12(13)18-14(20)21/h7-8H,3-6,9H2,1-2H3,(H,18,21). The van der Waals surface area contributed by atoms with Gasteiger partial charge in [-0.05, 0) is 45.2 Å². The van der Waals surface area contributed by atoms with Crippen LogP contribution < -0.4 is 0 Å². The van der Waals surface area contributed by atoms with Gasteiger partial charge in [-0.15, -0.1) is 0 Å². The molecule has 0 radical (unpaired) electrons. The summed E-state index contributed by atoms with van der Waals surface area (Å²) in [5.74, 6) is -0.421. The molecule has 0 saturated heterocycles. The van der Waals surface area contributed by atoms with Crippen molar-refractivity contribution in [3.8, 4) is 0 Å². The molecule has 1 fully saturated rings. The monoisotopic (exact) mass is 327 g/mol. The van der Waals surface area contributed by atoms with Gasteiger partial charge in [0.15, 0.2) is 4.77 Å². The molecule has 1 N–H and O–H groups in total. The number of likely N-dealkylation sites (N-methyl/N-ethyl adjacent to an activating group) is 1. The highest BCUT2D eigenvalue weighted by atomic mass is 35.5. The zero-order chi connectivity index (χ0) is 15.2. The molecule has 21 heavy (non-hydrogen) atoms. The molecule has 3 rings (SSSR count). The van der Waals surface area contributed by atoms with Crippen molar-refractivity contribution >= 4 is 34.9 Å². The molecule has 1 heterocycles. The van der Waals surface area contributed by atoms with E-state index in [1.807, 2.05) is 0 Å². The van der Waals surface area contributed by atoms with Gasteiger partial charge in [0, 0.05) is 18.2 Å². The summed E-state index contributed by atoms with van der Waals surface area (Å²) in [5, 5.41) is 0.135. The van der Waals surface area contributed by atoms with Crippen LogP contribution in [0.4, 0.5) is 4.39 Å². The van der Waals surface area contributed by atoms with Crippen LogP contribution in [0.15, 0.2) is 12.1 Å². The number of nitrogens with one attached hydrogen (secondary N) is 1. The first-order valence-corrected chi connectivity index (χ1v) is 7.97. The minimum atomic E-state index is -0.421. The van der Waals surface area contributed by atoms with Crippen molar-refractivity contribution in [2.24, 2.45) is 0 Å². The average Bonchev–Trinajstić information content (AvgIpc) is 2.99. The van der Waals surface area contributed by atoms with E-state index in [4.69, 9.17) is 23.8 Å². The van der Waals surface area contributed by atoms with E-state index in [0.717, 1.165) is 24.9 Å². The third-order valence-electron chi connectivity index (χ3n) is 4.75. The van der Waals surface area contributed by atoms with E-state index < -0.39 is 5.82 Å². The Morgan fingerprint density at radius 1 is 1.38 bits per heavy atom. The molecule has 6 heteroatoms. The van der Waals surface area contributed by atoms with Gasteiger partial charge in [0.2, 0.25) is 0 Å². The summed E-state index contributed by atoms with van der Waals surface area (Å²) in [4.78, 5) is 5.38. The van der Waals surface area contributed by atoms with Crippen LogP contribution in [0.3, 0.4) is 0 Å². The van der Waals surface area contributed by atoms with Gasteiger partial charge in [-0.1, -0.05) is 24.4 Å². The van der Waals surface area contributed by atoms with Gasteiger partial charge in [0.25, 0.3) is 0 Å². The number of nitrogens with zero attached hydrogens (tertiary/aromatic N) is 2. The highest BCUT2D eigenvalue weighted by Gasteiger charge is 2.36. The van der Waals surface area contributed by atoms with Crippen molar-refractivity contribution in [3.63, 3.8) is 0 Å². The van der Waals surface area contributed by atoms with E-state index in [0.29, 0.717) is 10.3 Å². The first-order valence-electron chi connectivity index (χ1n) is 7.18. The van der Waals surface area contributed by atoms with Crippen LogP contribution in [0, 0.1) is 10.6 Å². The Labute approximate surface area is 133 Å². The molecule has 1 aliphatic rings. The predicted octanol–water partition coefficient (Wildman–Crippen LogP) is 4.37. The average molecular weight is 328 g/mol. The second-order valence-electron chi connectivity index (χ2n) is 6.13. The molecule has 1 aromatic carbocycles. The third-order valence-corrected chi connectivity index (χ3v) is 5.36. The molecule has 0 bridgehead atoms. The lowest BCUT2D eigenvalue weighted by Crippen LogP contribution is -2.45. The Bertz CT molecular complexity index is 728. The molecule has 3 nitrogen and oxygen atoms in total. The van der Waals surface area contributed by atoms with Crippen molar-refractivity contribution in [1.82, 2.24) is 14.5 Å². The smallest absolute Gasteiger partial charge is 0.178 e. The molecule has 0 atom stereocenters. The second-order valence-corrected chi connectivity index (χ2v) is 6.92. The zero-order valence-electron chi connectivity index (χ0n) is 12.2. The molecule has 0 unspecified atom stereocenters. The first kappa shape index (κ1) is 15.0. The fraction of sp³-hybridized carbons (Fsp3) is 0.533. The van der Waals surface area contributed by atoms with E-state index >= 15 is 0 Å². The Kier molecular flexibility index (Phi) is 3.84. The maximum atomic E-state index is 13.6. The first-order chi connectivity index (χ1) is 9.93. The van der Waals surface area contributed by atoms with Gasteiger partial charge in [-0.3, -0.25) is 0 Å². The molecule has 0 spiro atoms. The van der Waals surface area contributed by atoms with Crippen LogP contribution in [0.5, 0.6) is 0 Å². The number of rotatable bonds is 3. The minimum absolute atomic E-state index is 0.119. The third kappa shape index (κ3) is 2.51. The maximum absolute atomic E-state index is 13.6. The van der Waals surface area contributed by atoms with Gasteiger partial charge < -0.3 is 14.5 Å². The number of imidazole rings is 1. The highest BCUT2D eigenvalue weighted by Crippen LogP contribution is 2.36. The second kappa shape index (κ2) is 5.38. The molecule has 1 saturated carbocycles. The van der Waals surface area contributed by atoms with Gasteiger partial charge in [-0.25, -0.2) is 4.39 Å². The fourth-order valence-corrected chi connectivity index (χ4v) is 3.81. The molecule has 1 aromatic heterocycles. The van der Waals surface area contributed by atoms with Gasteiger partial charge in [-0.2, -0.15) is 0 Å². The van der Waals surface area contributed by atoms with Gasteiger partial charge in [0.05, 0.1) is 16.1 Å². The Hall–Kier alpha value is -0.910. The number of hydrogen-bond donors (Lipinski definition) is 1. The lowest BCUT2D eigenvalue weighted by molar-refractivity contribution is 0.135. The van der Waals surface area contributed by atoms with Crippen LogP contribution in [-0.2, 0) is 6.54 Å². The van der Waals surface area contributed by atoms with E-state index in [-0.39, 0.29) is 10.6 Å². The molecular weight excluding hydrogens is 309 g/mol. The molecule has 114 valence electrons. The fourth-order valence-electron chi connectivity index (χ4n) is 3.38. The topological polar surface area (TPSA) is 24.0 Å². The molecule has 0 amide bonds. The Morgan fingerprint density at radius 2 is 2.05 bits per heavy atom. The number of aromatic nitrogens is 2. The van der Waals surface area contributed by atoms with Crippen LogP contribution in [0.1, 0.15) is 25.7 Å². The molecule has 0 aliphatic heterocycles. The van der Waals surface area contributed by atoms with Crippen molar-refractivity contribution in [2.45, 2.75) is 37.8 Å². The van der Waals surface area contributed by atoms with Crippen LogP contribution >= 0.6 is 23.8 Å². The van der Waals surface area contributed by atoms with Crippen molar-refractivity contribution in [1.29, 1.82) is 0 Å². The number of benzene rings is 1. The van der Waals surface area contributed by atoms with Crippen LogP contribution in [-0.4, -0.2) is 34.1 Å². The van der Waals surface area contributed by atoms with E-state index in [1.54, 1.807) is 6.07 Å². The number of aromatic amines is 1. The van der Waals surface area contributed by atoms with E-state index in [1.165, 1.54) is 18.9 Å². The Morgan fingerprint density at radius 3 is 2.67 bits per heavy atom. The summed E-state index contributed by atoms with van der Waals surface area (Å²) >= 11 is 11.4. The molecular formula is C15H19ClFN3S. The minimum Gasteiger partial charge on any atom is -0.330 e. The lowest BCUT2D eigenvalue weighted by Gasteiger charge is -2.36. The maximum Gasteiger partial charge on any atom is 0.178 e. The lowest BCUT2D eigenvalue weighted by atomic mass is 9.96. The number of H-pyrrole nitrogens is 1. The van der Waals surface area contributed by atoms with Gasteiger partial charge in [0.1, 0.15) is 5.82 Å². The summed E-state index contributed by atoms with van der Waals surface area (Å²) in [6.07, 6.45) is 4.79. The summed E-state index contributed by atoms with van der Waals surface area (Å²) in [5.41, 5.74) is 1.70. The number of hydrogen-bond acceptors (Lipinski definition) is 2. The number of fused-ring (bicyclic) bond motifs is 1. The highest BCUT2D eigenvalue weighted by molar-refractivity contribution is 7.71. The van der Waals surface area contributed by atoms with Crippen LogP contribution in [0.2, 0.25) is 5.02 Å². The van der Waals surface area contributed by atoms with Crippen molar-refractivity contribution in [3.05, 3.63) is 27.7 Å². The van der Waals surface area contributed by atoms with Crippen LogP contribution in [0.25, 0.3) is 11.0 Å². The predicted molar refractivity (Wildman–Crippen MR) is 87.0 cm³/mol. The summed E-state index contributed by atoms with van der Waals surface area (Å²) in [6, 6.07) is 3.08. The molecule has 2 aromatic rings. The zero-order valence-corrected chi connectivity index (χ0v) is 13.8. The van der Waals surface area contributed by atoms with E-state index in [9.17, 15) is 4.39 Å². The Balaban J connectivity index is 2.10. The SMILES string of the molecule is CN(C)C1(Cn2c(=S)[nH]c3cc(F)c(Cl)cc32)CCCC1. The largest absolute Gasteiger partial charge is 0.330 e. The summed E-state index contributed by atoms with van der Waals surface area (Å²) in [6.45, 7) is 0.806. The van der Waals surface area contributed by atoms with E-state index in [2.05, 4.69) is 28.5 Å². The summed E-state index contributed by atoms with van der Waals surface area (Å²) < 4.78 is 16.3. The quantitative estimate of drug-likeness (QED) is 0.847. The normalized spacial score (nSPS) is 18.0. The van der Waals surface area contributed by atoms with Gasteiger partial charge >= 0.3 is 0 Å².